The van der Waals surface area contributed by atoms with Gasteiger partial charge in [-0.3, -0.25) is 4.90 Å². The second-order valence-electron chi connectivity index (χ2n) is 4.46. The molecule has 0 spiro atoms. The molecule has 1 aliphatic heterocycles. The molecule has 0 N–H and O–H groups in total. The predicted octanol–water partition coefficient (Wildman–Crippen LogP) is 4.12. The average Bonchev–Trinajstić information content (AvgIpc) is 2.73. The van der Waals surface area contributed by atoms with Crippen LogP contribution in [-0.4, -0.2) is 18.0 Å². The number of allylic oxidation sites excluding steroid dienone is 2. The topological polar surface area (TPSA) is 3.24 Å². The van der Waals surface area contributed by atoms with Crippen LogP contribution in [0.2, 0.25) is 0 Å². The monoisotopic (exact) mass is 291 g/mol. The third-order valence-electron chi connectivity index (χ3n) is 3.18. The number of likely N-dealkylation sites (tertiary alicyclic amines) is 1. The summed E-state index contributed by atoms with van der Waals surface area (Å²) in [5.74, 6) is 0. The summed E-state index contributed by atoms with van der Waals surface area (Å²) in [5.41, 5.74) is 4.29. The summed E-state index contributed by atoms with van der Waals surface area (Å²) in [5, 5.41) is 0. The van der Waals surface area contributed by atoms with Crippen molar-refractivity contribution in [1.29, 1.82) is 0 Å². The van der Waals surface area contributed by atoms with Gasteiger partial charge in [0, 0.05) is 19.6 Å². The molecule has 1 saturated heterocycles. The van der Waals surface area contributed by atoms with Gasteiger partial charge >= 0.3 is 0 Å². The summed E-state index contributed by atoms with van der Waals surface area (Å²) in [4.78, 5) is 2.48. The summed E-state index contributed by atoms with van der Waals surface area (Å²) in [6.45, 7) is 7.39. The first kappa shape index (κ1) is 12.6. The number of halogens is 1. The zero-order valence-corrected chi connectivity index (χ0v) is 12.0. The molecule has 2 heteroatoms. The lowest BCUT2D eigenvalue weighted by Gasteiger charge is -2.13. The molecule has 0 saturated carbocycles. The van der Waals surface area contributed by atoms with Crippen molar-refractivity contribution in [1.82, 2.24) is 4.90 Å². The lowest BCUT2D eigenvalue weighted by atomic mass is 10.1. The van der Waals surface area contributed by atoms with Gasteiger partial charge in [-0.2, -0.15) is 0 Å². The highest BCUT2D eigenvalue weighted by Crippen LogP contribution is 2.28. The van der Waals surface area contributed by atoms with Crippen molar-refractivity contribution in [2.24, 2.45) is 0 Å². The van der Waals surface area contributed by atoms with Crippen LogP contribution < -0.4 is 0 Å². The molecule has 0 radical (unpaired) electrons. The first-order valence-corrected chi connectivity index (χ1v) is 6.77. The van der Waals surface area contributed by atoms with Crippen molar-refractivity contribution >= 4 is 15.9 Å². The second kappa shape index (κ2) is 5.65. The van der Waals surface area contributed by atoms with E-state index < -0.39 is 0 Å². The van der Waals surface area contributed by atoms with Gasteiger partial charge in [0.15, 0.2) is 0 Å². The van der Waals surface area contributed by atoms with Crippen LogP contribution in [0.4, 0.5) is 0 Å². The van der Waals surface area contributed by atoms with E-state index in [1.165, 1.54) is 21.2 Å². The Balaban J connectivity index is 2.10. The van der Waals surface area contributed by atoms with Crippen molar-refractivity contribution < 1.29 is 0 Å². The summed E-state index contributed by atoms with van der Waals surface area (Å²) in [6, 6.07) is 10.7. The molecular formula is C15H18BrN. The quantitative estimate of drug-likeness (QED) is 0.792. The van der Waals surface area contributed by atoms with E-state index in [-0.39, 0.29) is 0 Å². The third-order valence-corrected chi connectivity index (χ3v) is 3.66. The molecule has 1 aromatic rings. The Morgan fingerprint density at radius 2 is 2.00 bits per heavy atom. The Bertz CT molecular complexity index is 441. The fourth-order valence-corrected chi connectivity index (χ4v) is 2.65. The van der Waals surface area contributed by atoms with Crippen LogP contribution in [0.15, 0.2) is 52.0 Å². The number of nitrogens with zero attached hydrogens (tertiary/aromatic N) is 1. The normalized spacial score (nSPS) is 22.2. The zero-order valence-electron chi connectivity index (χ0n) is 10.4. The maximum absolute atomic E-state index is 3.61. The van der Waals surface area contributed by atoms with E-state index in [0.717, 1.165) is 19.6 Å². The first-order chi connectivity index (χ1) is 8.20. The highest BCUT2D eigenvalue weighted by molar-refractivity contribution is 9.11. The molecule has 0 amide bonds. The molecule has 90 valence electrons. The molecule has 1 nitrogen and oxygen atoms in total. The first-order valence-electron chi connectivity index (χ1n) is 5.98. The molecule has 0 bridgehead atoms. The van der Waals surface area contributed by atoms with Crippen molar-refractivity contribution in [3.63, 3.8) is 0 Å². The minimum absolute atomic E-state index is 1.03. The van der Waals surface area contributed by atoms with Gasteiger partial charge in [0.1, 0.15) is 0 Å². The maximum Gasteiger partial charge on any atom is 0.0251 e. The van der Waals surface area contributed by atoms with Gasteiger partial charge in [-0.15, -0.1) is 0 Å². The van der Waals surface area contributed by atoms with Gasteiger partial charge in [0.05, 0.1) is 0 Å². The molecular weight excluding hydrogens is 274 g/mol. The minimum Gasteiger partial charge on any atom is -0.291 e. The maximum atomic E-state index is 3.61. The lowest BCUT2D eigenvalue weighted by Crippen LogP contribution is -2.18. The van der Waals surface area contributed by atoms with Gasteiger partial charge in [-0.25, -0.2) is 0 Å². The summed E-state index contributed by atoms with van der Waals surface area (Å²) >= 11 is 3.61. The van der Waals surface area contributed by atoms with E-state index in [0.29, 0.717) is 0 Å². The molecule has 0 aliphatic carbocycles. The second-order valence-corrected chi connectivity index (χ2v) is 5.65. The van der Waals surface area contributed by atoms with Gasteiger partial charge in [-0.05, 0) is 35.0 Å². The summed E-state index contributed by atoms with van der Waals surface area (Å²) in [6.07, 6.45) is 2.23. The highest BCUT2D eigenvalue weighted by Gasteiger charge is 2.22. The summed E-state index contributed by atoms with van der Waals surface area (Å²) in [7, 11) is 0. The van der Waals surface area contributed by atoms with Crippen LogP contribution in [-0.2, 0) is 6.54 Å². The molecule has 0 aromatic heterocycles. The van der Waals surface area contributed by atoms with Crippen molar-refractivity contribution in [3.05, 3.63) is 57.6 Å². The molecule has 1 heterocycles. The Morgan fingerprint density at radius 3 is 2.53 bits per heavy atom. The fraction of sp³-hybridized carbons (Fsp3) is 0.333. The van der Waals surface area contributed by atoms with E-state index in [4.69, 9.17) is 0 Å². The van der Waals surface area contributed by atoms with Crippen LogP contribution >= 0.6 is 15.9 Å². The standard InChI is InChI=1S/C15H18BrN/c1-3-14-10-17(11-15(14)12(2)16)9-13-7-5-4-6-8-13/h3-8H,9-11H2,1-2H3. The zero-order chi connectivity index (χ0) is 12.3. The SMILES string of the molecule is CC=C1CN(Cc2ccccc2)CC1=C(C)Br. The van der Waals surface area contributed by atoms with Crippen LogP contribution in [0, 0.1) is 0 Å². The van der Waals surface area contributed by atoms with Crippen molar-refractivity contribution in [2.75, 3.05) is 13.1 Å². The van der Waals surface area contributed by atoms with Crippen LogP contribution in [0.5, 0.6) is 0 Å². The van der Waals surface area contributed by atoms with E-state index in [9.17, 15) is 0 Å². The Hall–Kier alpha value is -0.860. The highest BCUT2D eigenvalue weighted by atomic mass is 79.9. The van der Waals surface area contributed by atoms with E-state index in [2.05, 4.69) is 71.1 Å². The lowest BCUT2D eigenvalue weighted by molar-refractivity contribution is 0.347. The molecule has 1 aliphatic rings. The Kier molecular flexibility index (Phi) is 4.19. The largest absolute Gasteiger partial charge is 0.291 e. The third kappa shape index (κ3) is 3.08. The number of hydrogen-bond donors (Lipinski definition) is 0. The van der Waals surface area contributed by atoms with Crippen LogP contribution in [0.3, 0.4) is 0 Å². The van der Waals surface area contributed by atoms with E-state index in [1.807, 2.05) is 0 Å². The smallest absolute Gasteiger partial charge is 0.0251 e. The van der Waals surface area contributed by atoms with Gasteiger partial charge in [0.2, 0.25) is 0 Å². The van der Waals surface area contributed by atoms with E-state index in [1.54, 1.807) is 0 Å². The number of hydrogen-bond acceptors (Lipinski definition) is 1. The molecule has 17 heavy (non-hydrogen) atoms. The Morgan fingerprint density at radius 1 is 1.29 bits per heavy atom. The minimum atomic E-state index is 1.03. The van der Waals surface area contributed by atoms with E-state index >= 15 is 0 Å². The molecule has 0 unspecified atom stereocenters. The van der Waals surface area contributed by atoms with Crippen molar-refractivity contribution in [3.8, 4) is 0 Å². The van der Waals surface area contributed by atoms with Gasteiger partial charge in [-0.1, -0.05) is 52.3 Å². The van der Waals surface area contributed by atoms with Crippen molar-refractivity contribution in [2.45, 2.75) is 20.4 Å². The van der Waals surface area contributed by atoms with Crippen LogP contribution in [0.25, 0.3) is 0 Å². The molecule has 1 fully saturated rings. The predicted molar refractivity (Wildman–Crippen MR) is 77.1 cm³/mol. The fourth-order valence-electron chi connectivity index (χ4n) is 2.27. The van der Waals surface area contributed by atoms with Gasteiger partial charge < -0.3 is 0 Å². The number of rotatable bonds is 2. The Labute approximate surface area is 112 Å². The van der Waals surface area contributed by atoms with Crippen LogP contribution in [0.1, 0.15) is 19.4 Å². The molecule has 2 rings (SSSR count). The number of benzene rings is 1. The molecule has 1 aromatic carbocycles. The van der Waals surface area contributed by atoms with Gasteiger partial charge in [0.25, 0.3) is 0 Å². The molecule has 0 atom stereocenters. The average molecular weight is 292 g/mol. The summed E-state index contributed by atoms with van der Waals surface area (Å²) < 4.78 is 1.26.